The average molecular weight is 256 g/mol. The van der Waals surface area contributed by atoms with Gasteiger partial charge in [-0.05, 0) is 37.5 Å². The van der Waals surface area contributed by atoms with Crippen molar-refractivity contribution in [2.45, 2.75) is 25.2 Å². The molecular formula is C14H21FO3. The van der Waals surface area contributed by atoms with Crippen molar-refractivity contribution in [3.05, 3.63) is 35.6 Å². The highest BCUT2D eigenvalue weighted by atomic mass is 19.1. The number of rotatable bonds is 8. The second kappa shape index (κ2) is 7.46. The van der Waals surface area contributed by atoms with Gasteiger partial charge in [-0.2, -0.15) is 0 Å². The standard InChI is InChI=1S/C14H21FO3/c1-2-18-8-4-7-14(10-16,11-17)12-5-3-6-13(15)9-12/h3,5-6,9,16-17H,2,4,7-8,10-11H2,1H3. The van der Waals surface area contributed by atoms with E-state index < -0.39 is 5.41 Å². The van der Waals surface area contributed by atoms with Gasteiger partial charge >= 0.3 is 0 Å². The van der Waals surface area contributed by atoms with E-state index in [1.54, 1.807) is 12.1 Å². The molecule has 0 bridgehead atoms. The van der Waals surface area contributed by atoms with Crippen LogP contribution in [0.5, 0.6) is 0 Å². The zero-order valence-corrected chi connectivity index (χ0v) is 10.7. The summed E-state index contributed by atoms with van der Waals surface area (Å²) in [5, 5.41) is 19.1. The molecule has 0 amide bonds. The molecule has 18 heavy (non-hydrogen) atoms. The molecule has 0 radical (unpaired) electrons. The summed E-state index contributed by atoms with van der Waals surface area (Å²) in [6.07, 6.45) is 1.27. The number of aliphatic hydroxyl groups excluding tert-OH is 2. The highest BCUT2D eigenvalue weighted by molar-refractivity contribution is 5.26. The Morgan fingerprint density at radius 3 is 2.56 bits per heavy atom. The van der Waals surface area contributed by atoms with Crippen molar-refractivity contribution < 1.29 is 19.3 Å². The Bertz CT molecular complexity index is 351. The van der Waals surface area contributed by atoms with Crippen LogP contribution in [0.4, 0.5) is 4.39 Å². The van der Waals surface area contributed by atoms with Gasteiger partial charge in [0.1, 0.15) is 5.82 Å². The number of aliphatic hydroxyl groups is 2. The van der Waals surface area contributed by atoms with Crippen LogP contribution in [0.1, 0.15) is 25.3 Å². The molecule has 0 heterocycles. The maximum atomic E-state index is 13.2. The van der Waals surface area contributed by atoms with E-state index in [1.807, 2.05) is 6.92 Å². The SMILES string of the molecule is CCOCCCC(CO)(CO)c1cccc(F)c1. The normalized spacial score (nSPS) is 11.8. The van der Waals surface area contributed by atoms with Gasteiger partial charge in [0.15, 0.2) is 0 Å². The molecule has 1 aromatic rings. The molecule has 102 valence electrons. The summed E-state index contributed by atoms with van der Waals surface area (Å²) in [5.41, 5.74) is -0.164. The summed E-state index contributed by atoms with van der Waals surface area (Å²) in [4.78, 5) is 0. The van der Waals surface area contributed by atoms with E-state index in [0.29, 0.717) is 31.6 Å². The summed E-state index contributed by atoms with van der Waals surface area (Å²) < 4.78 is 18.5. The van der Waals surface area contributed by atoms with E-state index >= 15 is 0 Å². The van der Waals surface area contributed by atoms with Crippen molar-refractivity contribution in [1.29, 1.82) is 0 Å². The summed E-state index contributed by atoms with van der Waals surface area (Å²) in [6.45, 7) is 2.72. The van der Waals surface area contributed by atoms with Crippen molar-refractivity contribution in [3.63, 3.8) is 0 Å². The lowest BCUT2D eigenvalue weighted by Gasteiger charge is -2.30. The van der Waals surface area contributed by atoms with Crippen LogP contribution < -0.4 is 0 Å². The predicted molar refractivity (Wildman–Crippen MR) is 68.0 cm³/mol. The Labute approximate surface area is 107 Å². The summed E-state index contributed by atoms with van der Waals surface area (Å²) in [7, 11) is 0. The zero-order chi connectivity index (χ0) is 13.4. The molecule has 1 aromatic carbocycles. The Hall–Kier alpha value is -0.970. The first-order valence-corrected chi connectivity index (χ1v) is 6.24. The van der Waals surface area contributed by atoms with E-state index in [9.17, 15) is 14.6 Å². The maximum absolute atomic E-state index is 13.2. The van der Waals surface area contributed by atoms with E-state index in [1.165, 1.54) is 12.1 Å². The molecule has 0 aromatic heterocycles. The Balaban J connectivity index is 2.79. The molecule has 4 heteroatoms. The van der Waals surface area contributed by atoms with Crippen LogP contribution >= 0.6 is 0 Å². The lowest BCUT2D eigenvalue weighted by molar-refractivity contribution is 0.0890. The Morgan fingerprint density at radius 2 is 2.00 bits per heavy atom. The van der Waals surface area contributed by atoms with Crippen molar-refractivity contribution in [3.8, 4) is 0 Å². The molecule has 0 aliphatic rings. The molecule has 1 rings (SSSR count). The van der Waals surface area contributed by atoms with Gasteiger partial charge in [0.2, 0.25) is 0 Å². The largest absolute Gasteiger partial charge is 0.395 e. The number of halogens is 1. The average Bonchev–Trinajstić information content (AvgIpc) is 2.40. The fraction of sp³-hybridized carbons (Fsp3) is 0.571. The van der Waals surface area contributed by atoms with E-state index in [0.717, 1.165) is 0 Å². The van der Waals surface area contributed by atoms with E-state index in [-0.39, 0.29) is 19.0 Å². The van der Waals surface area contributed by atoms with Gasteiger partial charge in [-0.25, -0.2) is 4.39 Å². The third-order valence-electron chi connectivity index (χ3n) is 3.19. The summed E-state index contributed by atoms with van der Waals surface area (Å²) in [5.74, 6) is -0.358. The van der Waals surface area contributed by atoms with E-state index in [2.05, 4.69) is 0 Å². The van der Waals surface area contributed by atoms with Crippen LogP contribution in [0.2, 0.25) is 0 Å². The molecule has 0 unspecified atom stereocenters. The highest BCUT2D eigenvalue weighted by Gasteiger charge is 2.30. The van der Waals surface area contributed by atoms with Crippen molar-refractivity contribution in [1.82, 2.24) is 0 Å². The smallest absolute Gasteiger partial charge is 0.123 e. The molecule has 0 saturated heterocycles. The first-order valence-electron chi connectivity index (χ1n) is 6.24. The van der Waals surface area contributed by atoms with Crippen LogP contribution in [0.15, 0.2) is 24.3 Å². The fourth-order valence-corrected chi connectivity index (χ4v) is 2.01. The van der Waals surface area contributed by atoms with E-state index in [4.69, 9.17) is 4.74 Å². The topological polar surface area (TPSA) is 49.7 Å². The number of hydrogen-bond acceptors (Lipinski definition) is 3. The lowest BCUT2D eigenvalue weighted by atomic mass is 9.78. The van der Waals surface area contributed by atoms with Gasteiger partial charge in [-0.3, -0.25) is 0 Å². The van der Waals surface area contributed by atoms with Crippen LogP contribution in [0, 0.1) is 5.82 Å². The second-order valence-corrected chi connectivity index (χ2v) is 4.41. The number of hydrogen-bond donors (Lipinski definition) is 2. The van der Waals surface area contributed by atoms with Crippen LogP contribution in [0.25, 0.3) is 0 Å². The molecule has 0 saturated carbocycles. The van der Waals surface area contributed by atoms with Gasteiger partial charge in [0, 0.05) is 18.6 Å². The van der Waals surface area contributed by atoms with Gasteiger partial charge in [-0.15, -0.1) is 0 Å². The fourth-order valence-electron chi connectivity index (χ4n) is 2.01. The van der Waals surface area contributed by atoms with Gasteiger partial charge in [-0.1, -0.05) is 12.1 Å². The van der Waals surface area contributed by atoms with Gasteiger partial charge in [0.05, 0.1) is 13.2 Å². The van der Waals surface area contributed by atoms with Crippen LogP contribution in [0.3, 0.4) is 0 Å². The molecule has 0 atom stereocenters. The van der Waals surface area contributed by atoms with Gasteiger partial charge < -0.3 is 14.9 Å². The molecule has 0 spiro atoms. The van der Waals surface area contributed by atoms with Crippen LogP contribution in [-0.2, 0) is 10.2 Å². The minimum atomic E-state index is -0.792. The first-order chi connectivity index (χ1) is 8.68. The van der Waals surface area contributed by atoms with Gasteiger partial charge in [0.25, 0.3) is 0 Å². The molecule has 0 aliphatic carbocycles. The molecule has 3 nitrogen and oxygen atoms in total. The minimum Gasteiger partial charge on any atom is -0.395 e. The predicted octanol–water partition coefficient (Wildman–Crippen LogP) is 1.86. The second-order valence-electron chi connectivity index (χ2n) is 4.41. The molecule has 0 fully saturated rings. The molecular weight excluding hydrogens is 235 g/mol. The van der Waals surface area contributed by atoms with Crippen molar-refractivity contribution >= 4 is 0 Å². The van der Waals surface area contributed by atoms with Crippen molar-refractivity contribution in [2.24, 2.45) is 0 Å². The molecule has 0 aliphatic heterocycles. The number of ether oxygens (including phenoxy) is 1. The summed E-state index contributed by atoms with van der Waals surface area (Å²) >= 11 is 0. The Morgan fingerprint density at radius 1 is 1.28 bits per heavy atom. The molecule has 2 N–H and O–H groups in total. The number of benzene rings is 1. The van der Waals surface area contributed by atoms with Crippen LogP contribution in [-0.4, -0.2) is 36.6 Å². The Kier molecular flexibility index (Phi) is 6.25. The van der Waals surface area contributed by atoms with Crippen molar-refractivity contribution in [2.75, 3.05) is 26.4 Å². The first kappa shape index (κ1) is 15.1. The highest BCUT2D eigenvalue weighted by Crippen LogP contribution is 2.29. The summed E-state index contributed by atoms with van der Waals surface area (Å²) in [6, 6.07) is 6.04. The quantitative estimate of drug-likeness (QED) is 0.698. The monoisotopic (exact) mass is 256 g/mol. The third kappa shape index (κ3) is 3.77. The zero-order valence-electron chi connectivity index (χ0n) is 10.7. The lowest BCUT2D eigenvalue weighted by Crippen LogP contribution is -2.35. The minimum absolute atomic E-state index is 0.209. The third-order valence-corrected chi connectivity index (χ3v) is 3.19. The maximum Gasteiger partial charge on any atom is 0.123 e.